The standard InChI is InChI=1S/C22H24N2O4/c25-21(26)20-10-9-14(11-23-20)12-24-22(27)28-13-19-17-7-3-1-5-15(17)16-6-2-4-8-18(16)19/h1-8,14,19-20,23H,9-13H2,(H,24,27)(H,25,26)/t14-,20+/m1/s1. The fourth-order valence-electron chi connectivity index (χ4n) is 4.18. The van der Waals surface area contributed by atoms with Crippen LogP contribution in [0.15, 0.2) is 48.5 Å². The molecule has 2 atom stereocenters. The van der Waals surface area contributed by atoms with E-state index in [-0.39, 0.29) is 11.8 Å². The highest BCUT2D eigenvalue weighted by Gasteiger charge is 2.29. The highest BCUT2D eigenvalue weighted by molar-refractivity contribution is 5.79. The monoisotopic (exact) mass is 380 g/mol. The molecule has 0 aromatic heterocycles. The van der Waals surface area contributed by atoms with Gasteiger partial charge in [-0.15, -0.1) is 0 Å². The van der Waals surface area contributed by atoms with E-state index >= 15 is 0 Å². The molecule has 1 aliphatic carbocycles. The highest BCUT2D eigenvalue weighted by Crippen LogP contribution is 2.44. The lowest BCUT2D eigenvalue weighted by Crippen LogP contribution is -2.46. The molecule has 0 spiro atoms. The average molecular weight is 380 g/mol. The Morgan fingerprint density at radius 2 is 1.68 bits per heavy atom. The number of carboxylic acid groups (broad SMARTS) is 1. The Kier molecular flexibility index (Phi) is 5.30. The van der Waals surface area contributed by atoms with Crippen molar-refractivity contribution in [3.05, 3.63) is 59.7 Å². The zero-order chi connectivity index (χ0) is 19.5. The van der Waals surface area contributed by atoms with Crippen molar-refractivity contribution in [2.45, 2.75) is 24.8 Å². The predicted molar refractivity (Wildman–Crippen MR) is 105 cm³/mol. The molecule has 6 heteroatoms. The van der Waals surface area contributed by atoms with Gasteiger partial charge < -0.3 is 20.5 Å². The summed E-state index contributed by atoms with van der Waals surface area (Å²) in [5.41, 5.74) is 4.78. The van der Waals surface area contributed by atoms with E-state index in [0.29, 0.717) is 26.1 Å². The summed E-state index contributed by atoms with van der Waals surface area (Å²) in [6.45, 7) is 1.36. The molecule has 4 rings (SSSR count). The second-order valence-electron chi connectivity index (χ2n) is 7.45. The molecule has 3 N–H and O–H groups in total. The van der Waals surface area contributed by atoms with Crippen molar-refractivity contribution in [1.82, 2.24) is 10.6 Å². The zero-order valence-electron chi connectivity index (χ0n) is 15.6. The van der Waals surface area contributed by atoms with Crippen LogP contribution in [0, 0.1) is 5.92 Å². The normalized spacial score (nSPS) is 20.9. The molecule has 1 heterocycles. The van der Waals surface area contributed by atoms with E-state index in [4.69, 9.17) is 9.84 Å². The minimum absolute atomic E-state index is 0.0471. The molecule has 0 saturated carbocycles. The van der Waals surface area contributed by atoms with Gasteiger partial charge in [-0.3, -0.25) is 4.79 Å². The molecule has 1 aliphatic heterocycles. The smallest absolute Gasteiger partial charge is 0.407 e. The second-order valence-corrected chi connectivity index (χ2v) is 7.45. The van der Waals surface area contributed by atoms with Gasteiger partial charge in [0.15, 0.2) is 0 Å². The Labute approximate surface area is 163 Å². The maximum absolute atomic E-state index is 12.2. The number of nitrogens with one attached hydrogen (secondary N) is 2. The number of aliphatic carboxylic acids is 1. The van der Waals surface area contributed by atoms with E-state index in [1.807, 2.05) is 24.3 Å². The Balaban J connectivity index is 1.30. The molecule has 146 valence electrons. The van der Waals surface area contributed by atoms with Crippen LogP contribution in [0.4, 0.5) is 4.79 Å². The van der Waals surface area contributed by atoms with Crippen molar-refractivity contribution in [3.63, 3.8) is 0 Å². The highest BCUT2D eigenvalue weighted by atomic mass is 16.5. The molecule has 1 amide bonds. The minimum atomic E-state index is -0.817. The van der Waals surface area contributed by atoms with Gasteiger partial charge in [-0.25, -0.2) is 4.79 Å². The van der Waals surface area contributed by atoms with Gasteiger partial charge in [0.1, 0.15) is 12.6 Å². The molecule has 1 saturated heterocycles. The van der Waals surface area contributed by atoms with Gasteiger partial charge in [-0.05, 0) is 41.0 Å². The van der Waals surface area contributed by atoms with Crippen LogP contribution in [0.5, 0.6) is 0 Å². The summed E-state index contributed by atoms with van der Waals surface area (Å²) in [5, 5.41) is 14.8. The van der Waals surface area contributed by atoms with Crippen LogP contribution in [0.1, 0.15) is 29.9 Å². The van der Waals surface area contributed by atoms with Crippen LogP contribution >= 0.6 is 0 Å². The van der Waals surface area contributed by atoms with E-state index < -0.39 is 18.1 Å². The Morgan fingerprint density at radius 1 is 1.04 bits per heavy atom. The third-order valence-corrected chi connectivity index (χ3v) is 5.69. The van der Waals surface area contributed by atoms with Crippen LogP contribution in [0.25, 0.3) is 11.1 Å². The average Bonchev–Trinajstić information content (AvgIpc) is 3.05. The van der Waals surface area contributed by atoms with Gasteiger partial charge >= 0.3 is 12.1 Å². The lowest BCUT2D eigenvalue weighted by atomic mass is 9.95. The summed E-state index contributed by atoms with van der Waals surface area (Å²) < 4.78 is 5.53. The summed E-state index contributed by atoms with van der Waals surface area (Å²) in [6, 6.07) is 16.0. The van der Waals surface area contributed by atoms with E-state index in [0.717, 1.165) is 6.42 Å². The van der Waals surface area contributed by atoms with Crippen LogP contribution in [0.3, 0.4) is 0 Å². The predicted octanol–water partition coefficient (Wildman–Crippen LogP) is 2.98. The number of carbonyl (C=O) groups is 2. The van der Waals surface area contributed by atoms with Gasteiger partial charge in [0.2, 0.25) is 0 Å². The SMILES string of the molecule is O=C(NC[C@@H]1CC[C@@H](C(=O)O)NC1)OCC1c2ccccc2-c2ccccc21. The lowest BCUT2D eigenvalue weighted by Gasteiger charge is -2.27. The number of hydrogen-bond donors (Lipinski definition) is 3. The first-order valence-corrected chi connectivity index (χ1v) is 9.68. The fourth-order valence-corrected chi connectivity index (χ4v) is 4.18. The molecule has 2 aliphatic rings. The number of ether oxygens (including phenoxy) is 1. The maximum Gasteiger partial charge on any atom is 0.407 e. The lowest BCUT2D eigenvalue weighted by molar-refractivity contribution is -0.140. The third kappa shape index (κ3) is 3.73. The topological polar surface area (TPSA) is 87.7 Å². The van der Waals surface area contributed by atoms with Crippen LogP contribution in [0.2, 0.25) is 0 Å². The van der Waals surface area contributed by atoms with E-state index in [1.165, 1.54) is 22.3 Å². The minimum Gasteiger partial charge on any atom is -0.480 e. The van der Waals surface area contributed by atoms with Crippen LogP contribution in [-0.4, -0.2) is 42.9 Å². The zero-order valence-corrected chi connectivity index (χ0v) is 15.6. The number of carbonyl (C=O) groups excluding carboxylic acids is 1. The Hall–Kier alpha value is -2.86. The van der Waals surface area contributed by atoms with E-state index in [1.54, 1.807) is 0 Å². The van der Waals surface area contributed by atoms with Gasteiger partial charge in [0.25, 0.3) is 0 Å². The molecular weight excluding hydrogens is 356 g/mol. The molecule has 0 radical (unpaired) electrons. The summed E-state index contributed by atoms with van der Waals surface area (Å²) in [7, 11) is 0. The molecule has 28 heavy (non-hydrogen) atoms. The summed E-state index contributed by atoms with van der Waals surface area (Å²) in [6.07, 6.45) is 0.919. The van der Waals surface area contributed by atoms with Crippen molar-refractivity contribution in [3.8, 4) is 11.1 Å². The third-order valence-electron chi connectivity index (χ3n) is 5.69. The number of carboxylic acids is 1. The second kappa shape index (κ2) is 8.02. The van der Waals surface area contributed by atoms with Crippen molar-refractivity contribution in [2.24, 2.45) is 5.92 Å². The number of piperidine rings is 1. The Morgan fingerprint density at radius 3 is 2.25 bits per heavy atom. The number of amides is 1. The number of hydrogen-bond acceptors (Lipinski definition) is 4. The van der Waals surface area contributed by atoms with E-state index in [9.17, 15) is 9.59 Å². The van der Waals surface area contributed by atoms with Crippen LogP contribution < -0.4 is 10.6 Å². The first-order chi connectivity index (χ1) is 13.6. The van der Waals surface area contributed by atoms with Crippen molar-refractivity contribution in [2.75, 3.05) is 19.7 Å². The molecule has 2 aromatic rings. The van der Waals surface area contributed by atoms with Gasteiger partial charge in [-0.2, -0.15) is 0 Å². The molecule has 1 fully saturated rings. The number of fused-ring (bicyclic) bond motifs is 3. The van der Waals surface area contributed by atoms with Gasteiger partial charge in [-0.1, -0.05) is 48.5 Å². The number of alkyl carbamates (subject to hydrolysis) is 1. The van der Waals surface area contributed by atoms with Gasteiger partial charge in [0.05, 0.1) is 0 Å². The summed E-state index contributed by atoms with van der Waals surface area (Å²) >= 11 is 0. The van der Waals surface area contributed by atoms with Crippen molar-refractivity contribution >= 4 is 12.1 Å². The first-order valence-electron chi connectivity index (χ1n) is 9.68. The maximum atomic E-state index is 12.2. The molecule has 2 aromatic carbocycles. The fraction of sp³-hybridized carbons (Fsp3) is 0.364. The van der Waals surface area contributed by atoms with Gasteiger partial charge in [0, 0.05) is 19.0 Å². The quantitative estimate of drug-likeness (QED) is 0.742. The van der Waals surface area contributed by atoms with E-state index in [2.05, 4.69) is 34.9 Å². The summed E-state index contributed by atoms with van der Waals surface area (Å²) in [5.74, 6) is -0.551. The molecule has 0 bridgehead atoms. The number of rotatable bonds is 5. The summed E-state index contributed by atoms with van der Waals surface area (Å²) in [4.78, 5) is 23.2. The van der Waals surface area contributed by atoms with Crippen molar-refractivity contribution in [1.29, 1.82) is 0 Å². The molecule has 0 unspecified atom stereocenters. The molecule has 6 nitrogen and oxygen atoms in total. The molecular formula is C22H24N2O4. The van der Waals surface area contributed by atoms with Crippen molar-refractivity contribution < 1.29 is 19.4 Å². The Bertz CT molecular complexity index is 829. The first kappa shape index (κ1) is 18.5. The number of benzene rings is 2. The van der Waals surface area contributed by atoms with Crippen LogP contribution in [-0.2, 0) is 9.53 Å². The largest absolute Gasteiger partial charge is 0.480 e.